The fourth-order valence-corrected chi connectivity index (χ4v) is 3.68. The topological polar surface area (TPSA) is 42.2 Å². The SMILES string of the molecule is CN(Cc1ccncc1)C1(CN)CCSCC1. The van der Waals surface area contributed by atoms with Gasteiger partial charge in [0.1, 0.15) is 0 Å². The predicted octanol–water partition coefficient (Wildman–Crippen LogP) is 1.74. The van der Waals surface area contributed by atoms with Gasteiger partial charge >= 0.3 is 0 Å². The molecule has 0 spiro atoms. The van der Waals surface area contributed by atoms with Gasteiger partial charge in [0.05, 0.1) is 0 Å². The van der Waals surface area contributed by atoms with E-state index >= 15 is 0 Å². The van der Waals surface area contributed by atoms with Gasteiger partial charge in [0, 0.05) is 31.0 Å². The zero-order valence-corrected chi connectivity index (χ0v) is 11.2. The van der Waals surface area contributed by atoms with Gasteiger partial charge in [0.25, 0.3) is 0 Å². The molecule has 0 atom stereocenters. The zero-order chi connectivity index (χ0) is 12.1. The van der Waals surface area contributed by atoms with Crippen LogP contribution in [0.2, 0.25) is 0 Å². The van der Waals surface area contributed by atoms with Gasteiger partial charge in [-0.15, -0.1) is 0 Å². The zero-order valence-electron chi connectivity index (χ0n) is 10.4. The fourth-order valence-electron chi connectivity index (χ4n) is 2.42. The van der Waals surface area contributed by atoms with Crippen LogP contribution in [-0.4, -0.2) is 40.5 Å². The Hall–Kier alpha value is -0.580. The van der Waals surface area contributed by atoms with Crippen molar-refractivity contribution in [1.29, 1.82) is 0 Å². The van der Waals surface area contributed by atoms with E-state index in [1.807, 2.05) is 24.2 Å². The van der Waals surface area contributed by atoms with E-state index in [9.17, 15) is 0 Å². The minimum atomic E-state index is 0.203. The average molecular weight is 251 g/mol. The molecule has 0 aromatic carbocycles. The third-order valence-corrected chi connectivity index (χ3v) is 4.77. The Balaban J connectivity index is 2.04. The molecule has 0 radical (unpaired) electrons. The third-order valence-electron chi connectivity index (χ3n) is 3.78. The molecular weight excluding hydrogens is 230 g/mol. The maximum Gasteiger partial charge on any atom is 0.0347 e. The molecule has 1 fully saturated rings. The van der Waals surface area contributed by atoms with E-state index in [1.54, 1.807) is 0 Å². The van der Waals surface area contributed by atoms with Gasteiger partial charge in [-0.1, -0.05) is 0 Å². The molecule has 1 aliphatic heterocycles. The van der Waals surface area contributed by atoms with Crippen molar-refractivity contribution in [3.63, 3.8) is 0 Å². The number of pyridine rings is 1. The third kappa shape index (κ3) is 3.00. The number of aromatic nitrogens is 1. The van der Waals surface area contributed by atoms with Crippen LogP contribution in [0.4, 0.5) is 0 Å². The Morgan fingerprint density at radius 3 is 2.59 bits per heavy atom. The van der Waals surface area contributed by atoms with Crippen molar-refractivity contribution in [2.45, 2.75) is 24.9 Å². The summed E-state index contributed by atoms with van der Waals surface area (Å²) >= 11 is 2.04. The average Bonchev–Trinajstić information content (AvgIpc) is 2.40. The number of likely N-dealkylation sites (N-methyl/N-ethyl adjacent to an activating group) is 1. The van der Waals surface area contributed by atoms with Crippen LogP contribution >= 0.6 is 11.8 Å². The van der Waals surface area contributed by atoms with Gasteiger partial charge in [0.15, 0.2) is 0 Å². The van der Waals surface area contributed by atoms with Gasteiger partial charge in [-0.05, 0) is 49.1 Å². The van der Waals surface area contributed by atoms with Crippen molar-refractivity contribution in [2.75, 3.05) is 25.1 Å². The second kappa shape index (κ2) is 5.85. The Morgan fingerprint density at radius 2 is 2.00 bits per heavy atom. The van der Waals surface area contributed by atoms with Crippen molar-refractivity contribution < 1.29 is 0 Å². The summed E-state index contributed by atoms with van der Waals surface area (Å²) in [5.41, 5.74) is 7.55. The van der Waals surface area contributed by atoms with Gasteiger partial charge in [0.2, 0.25) is 0 Å². The summed E-state index contributed by atoms with van der Waals surface area (Å²) in [4.78, 5) is 6.49. The molecular formula is C13H21N3S. The van der Waals surface area contributed by atoms with Gasteiger partial charge in [-0.2, -0.15) is 11.8 Å². The minimum Gasteiger partial charge on any atom is -0.329 e. The van der Waals surface area contributed by atoms with E-state index < -0.39 is 0 Å². The quantitative estimate of drug-likeness (QED) is 0.885. The molecule has 0 unspecified atom stereocenters. The molecule has 0 amide bonds. The molecule has 1 aromatic rings. The highest BCUT2D eigenvalue weighted by Gasteiger charge is 2.34. The number of thioether (sulfide) groups is 1. The molecule has 2 N–H and O–H groups in total. The van der Waals surface area contributed by atoms with Crippen LogP contribution in [0.1, 0.15) is 18.4 Å². The first-order chi connectivity index (χ1) is 8.27. The summed E-state index contributed by atoms with van der Waals surface area (Å²) in [6.07, 6.45) is 6.12. The lowest BCUT2D eigenvalue weighted by Crippen LogP contribution is -2.53. The predicted molar refractivity (Wildman–Crippen MR) is 74.0 cm³/mol. The van der Waals surface area contributed by atoms with Crippen LogP contribution in [0.5, 0.6) is 0 Å². The van der Waals surface area contributed by atoms with E-state index in [4.69, 9.17) is 5.73 Å². The van der Waals surface area contributed by atoms with Gasteiger partial charge in [-0.3, -0.25) is 9.88 Å². The van der Waals surface area contributed by atoms with Crippen LogP contribution in [-0.2, 0) is 6.54 Å². The van der Waals surface area contributed by atoms with Crippen LogP contribution in [0, 0.1) is 0 Å². The summed E-state index contributed by atoms with van der Waals surface area (Å²) < 4.78 is 0. The second-order valence-electron chi connectivity index (χ2n) is 4.75. The van der Waals surface area contributed by atoms with E-state index in [1.165, 1.54) is 29.9 Å². The number of rotatable bonds is 4. The normalized spacial score (nSPS) is 19.5. The minimum absolute atomic E-state index is 0.203. The molecule has 17 heavy (non-hydrogen) atoms. The highest BCUT2D eigenvalue weighted by Crippen LogP contribution is 2.31. The van der Waals surface area contributed by atoms with E-state index in [0.29, 0.717) is 0 Å². The number of hydrogen-bond acceptors (Lipinski definition) is 4. The largest absolute Gasteiger partial charge is 0.329 e. The van der Waals surface area contributed by atoms with Crippen molar-refractivity contribution in [1.82, 2.24) is 9.88 Å². The summed E-state index contributed by atoms with van der Waals surface area (Å²) in [6, 6.07) is 4.16. The summed E-state index contributed by atoms with van der Waals surface area (Å²) in [5.74, 6) is 2.47. The Morgan fingerprint density at radius 1 is 1.35 bits per heavy atom. The van der Waals surface area contributed by atoms with Gasteiger partial charge in [-0.25, -0.2) is 0 Å². The fraction of sp³-hybridized carbons (Fsp3) is 0.615. The summed E-state index contributed by atoms with van der Waals surface area (Å²) in [5, 5.41) is 0. The van der Waals surface area contributed by atoms with Crippen molar-refractivity contribution in [2.24, 2.45) is 5.73 Å². The van der Waals surface area contributed by atoms with Gasteiger partial charge < -0.3 is 5.73 Å². The van der Waals surface area contributed by atoms with Crippen LogP contribution in [0.3, 0.4) is 0 Å². The standard InChI is InChI=1S/C13H21N3S/c1-16(10-12-2-6-15-7-3-12)13(11-14)4-8-17-9-5-13/h2-3,6-7H,4-5,8-11,14H2,1H3. The lowest BCUT2D eigenvalue weighted by Gasteiger charge is -2.44. The number of nitrogens with zero attached hydrogens (tertiary/aromatic N) is 2. The van der Waals surface area contributed by atoms with Crippen molar-refractivity contribution >= 4 is 11.8 Å². The van der Waals surface area contributed by atoms with E-state index in [2.05, 4.69) is 29.1 Å². The van der Waals surface area contributed by atoms with E-state index in [0.717, 1.165) is 13.1 Å². The molecule has 94 valence electrons. The highest BCUT2D eigenvalue weighted by molar-refractivity contribution is 7.99. The van der Waals surface area contributed by atoms with Crippen LogP contribution in [0.25, 0.3) is 0 Å². The first-order valence-corrected chi connectivity index (χ1v) is 7.30. The molecule has 0 aliphatic carbocycles. The molecule has 1 saturated heterocycles. The molecule has 2 rings (SSSR count). The monoisotopic (exact) mass is 251 g/mol. The lowest BCUT2D eigenvalue weighted by atomic mass is 9.90. The van der Waals surface area contributed by atoms with E-state index in [-0.39, 0.29) is 5.54 Å². The van der Waals surface area contributed by atoms with Crippen LogP contribution in [0.15, 0.2) is 24.5 Å². The summed E-state index contributed by atoms with van der Waals surface area (Å²) in [6.45, 7) is 1.72. The molecule has 3 nitrogen and oxygen atoms in total. The van der Waals surface area contributed by atoms with Crippen molar-refractivity contribution in [3.05, 3.63) is 30.1 Å². The Labute approximate surface area is 108 Å². The van der Waals surface area contributed by atoms with Crippen molar-refractivity contribution in [3.8, 4) is 0 Å². The number of hydrogen-bond donors (Lipinski definition) is 1. The summed E-state index contributed by atoms with van der Waals surface area (Å²) in [7, 11) is 2.20. The Bertz CT molecular complexity index is 336. The lowest BCUT2D eigenvalue weighted by molar-refractivity contribution is 0.107. The Kier molecular flexibility index (Phi) is 4.42. The molecule has 2 heterocycles. The van der Waals surface area contributed by atoms with Crippen LogP contribution < -0.4 is 5.73 Å². The maximum absolute atomic E-state index is 6.03. The molecule has 0 saturated carbocycles. The molecule has 4 heteroatoms. The molecule has 0 bridgehead atoms. The molecule has 1 aliphatic rings. The first-order valence-electron chi connectivity index (χ1n) is 6.15. The highest BCUT2D eigenvalue weighted by atomic mass is 32.2. The second-order valence-corrected chi connectivity index (χ2v) is 5.98. The smallest absolute Gasteiger partial charge is 0.0347 e. The first kappa shape index (κ1) is 12.9. The maximum atomic E-state index is 6.03. The number of nitrogens with two attached hydrogens (primary N) is 1. The molecule has 1 aromatic heterocycles.